The fourth-order valence-electron chi connectivity index (χ4n) is 1.66. The number of halogens is 2. The van der Waals surface area contributed by atoms with Crippen LogP contribution in [0.15, 0.2) is 42.5 Å². The van der Waals surface area contributed by atoms with Gasteiger partial charge in [-0.1, -0.05) is 18.2 Å². The molecule has 18 heavy (non-hydrogen) atoms. The maximum atomic E-state index is 13.2. The normalized spacial score (nSPS) is 10.2. The molecule has 92 valence electrons. The van der Waals surface area contributed by atoms with Crippen LogP contribution in [0, 0.1) is 11.6 Å². The maximum absolute atomic E-state index is 13.2. The molecule has 0 heterocycles. The fourth-order valence-corrected chi connectivity index (χ4v) is 1.66. The minimum atomic E-state index is -0.678. The first-order valence-corrected chi connectivity index (χ1v) is 5.30. The second kappa shape index (κ2) is 4.96. The van der Waals surface area contributed by atoms with Crippen molar-refractivity contribution in [2.75, 3.05) is 0 Å². The summed E-state index contributed by atoms with van der Waals surface area (Å²) in [5, 5.41) is 0. The van der Waals surface area contributed by atoms with Gasteiger partial charge < -0.3 is 4.74 Å². The molecule has 2 aromatic carbocycles. The zero-order valence-electron chi connectivity index (χ0n) is 9.61. The molecule has 0 radical (unpaired) electrons. The molecule has 0 bridgehead atoms. The minimum Gasteiger partial charge on any atom is -0.426 e. The lowest BCUT2D eigenvalue weighted by Gasteiger charge is -2.09. The molecular formula is C14H10F2O2. The van der Waals surface area contributed by atoms with E-state index < -0.39 is 17.6 Å². The first-order valence-electron chi connectivity index (χ1n) is 5.30. The lowest BCUT2D eigenvalue weighted by Crippen LogP contribution is -2.02. The third-order valence-corrected chi connectivity index (χ3v) is 2.31. The zero-order valence-corrected chi connectivity index (χ0v) is 9.61. The Hall–Kier alpha value is -2.23. The molecule has 0 aliphatic rings. The Morgan fingerprint density at radius 1 is 1.06 bits per heavy atom. The van der Waals surface area contributed by atoms with E-state index in [2.05, 4.69) is 0 Å². The van der Waals surface area contributed by atoms with Crippen LogP contribution in [0.2, 0.25) is 0 Å². The van der Waals surface area contributed by atoms with Crippen molar-refractivity contribution in [2.24, 2.45) is 0 Å². The first-order chi connectivity index (χ1) is 8.56. The van der Waals surface area contributed by atoms with Crippen molar-refractivity contribution in [2.45, 2.75) is 6.92 Å². The quantitative estimate of drug-likeness (QED) is 0.600. The molecule has 0 aromatic heterocycles. The average molecular weight is 248 g/mol. The van der Waals surface area contributed by atoms with Crippen LogP contribution in [-0.4, -0.2) is 5.97 Å². The molecule has 2 aromatic rings. The Balaban J connectivity index is 2.52. The van der Waals surface area contributed by atoms with Gasteiger partial charge in [0.2, 0.25) is 0 Å². The molecule has 4 heteroatoms. The van der Waals surface area contributed by atoms with Crippen molar-refractivity contribution in [1.82, 2.24) is 0 Å². The van der Waals surface area contributed by atoms with E-state index in [9.17, 15) is 13.6 Å². The molecule has 0 spiro atoms. The Labute approximate surface area is 103 Å². The number of carbonyl (C=O) groups excluding carboxylic acids is 1. The van der Waals surface area contributed by atoms with Gasteiger partial charge in [-0.05, 0) is 23.8 Å². The van der Waals surface area contributed by atoms with Crippen molar-refractivity contribution >= 4 is 5.97 Å². The minimum absolute atomic E-state index is 0.273. The van der Waals surface area contributed by atoms with Gasteiger partial charge in [-0.2, -0.15) is 0 Å². The molecule has 0 atom stereocenters. The van der Waals surface area contributed by atoms with Gasteiger partial charge in [-0.3, -0.25) is 4.79 Å². The molecule has 2 nitrogen and oxygen atoms in total. The Morgan fingerprint density at radius 3 is 2.28 bits per heavy atom. The summed E-state index contributed by atoms with van der Waals surface area (Å²) < 4.78 is 31.3. The number of carbonyl (C=O) groups is 1. The van der Waals surface area contributed by atoms with Gasteiger partial charge >= 0.3 is 5.97 Å². The summed E-state index contributed by atoms with van der Waals surface area (Å²) in [6.07, 6.45) is 0. The number of hydrogen-bond donors (Lipinski definition) is 0. The van der Waals surface area contributed by atoms with E-state index in [1.165, 1.54) is 19.1 Å². The van der Waals surface area contributed by atoms with Gasteiger partial charge in [-0.25, -0.2) is 8.78 Å². The Morgan fingerprint density at radius 2 is 1.67 bits per heavy atom. The van der Waals surface area contributed by atoms with Crippen LogP contribution < -0.4 is 4.74 Å². The summed E-state index contributed by atoms with van der Waals surface area (Å²) >= 11 is 0. The van der Waals surface area contributed by atoms with Gasteiger partial charge in [0.15, 0.2) is 0 Å². The number of ether oxygens (including phenoxy) is 1. The SMILES string of the molecule is CC(=O)Oc1ccccc1-c1cc(F)cc(F)c1. The zero-order chi connectivity index (χ0) is 13.1. The smallest absolute Gasteiger partial charge is 0.308 e. The molecule has 0 fully saturated rings. The van der Waals surface area contributed by atoms with Gasteiger partial charge in [0, 0.05) is 18.6 Å². The molecule has 0 saturated carbocycles. The highest BCUT2D eigenvalue weighted by Gasteiger charge is 2.10. The Bertz CT molecular complexity index is 574. The van der Waals surface area contributed by atoms with E-state index in [-0.39, 0.29) is 5.75 Å². The first kappa shape index (κ1) is 12.2. The summed E-state index contributed by atoms with van der Waals surface area (Å²) in [5.41, 5.74) is 0.787. The fraction of sp³-hybridized carbons (Fsp3) is 0.0714. The van der Waals surface area contributed by atoms with Crippen LogP contribution in [0.3, 0.4) is 0 Å². The average Bonchev–Trinajstić information content (AvgIpc) is 2.27. The summed E-state index contributed by atoms with van der Waals surface area (Å²) in [6, 6.07) is 9.74. The Kier molecular flexibility index (Phi) is 3.37. The van der Waals surface area contributed by atoms with Gasteiger partial charge in [0.25, 0.3) is 0 Å². The van der Waals surface area contributed by atoms with Crippen molar-refractivity contribution < 1.29 is 18.3 Å². The molecule has 0 aliphatic carbocycles. The highest BCUT2D eigenvalue weighted by Crippen LogP contribution is 2.30. The van der Waals surface area contributed by atoms with Crippen LogP contribution in [0.5, 0.6) is 5.75 Å². The van der Waals surface area contributed by atoms with E-state index in [4.69, 9.17) is 4.74 Å². The van der Waals surface area contributed by atoms with E-state index in [0.29, 0.717) is 11.1 Å². The number of esters is 1. The predicted molar refractivity (Wildman–Crippen MR) is 63.1 cm³/mol. The molecule has 0 saturated heterocycles. The summed E-state index contributed by atoms with van der Waals surface area (Å²) in [7, 11) is 0. The van der Waals surface area contributed by atoms with Crippen molar-refractivity contribution in [3.05, 3.63) is 54.1 Å². The van der Waals surface area contributed by atoms with Gasteiger partial charge in [0.1, 0.15) is 17.4 Å². The summed E-state index contributed by atoms with van der Waals surface area (Å²) in [6.45, 7) is 1.27. The molecule has 0 amide bonds. The number of rotatable bonds is 2. The highest BCUT2D eigenvalue weighted by atomic mass is 19.1. The van der Waals surface area contributed by atoms with Crippen molar-refractivity contribution in [1.29, 1.82) is 0 Å². The number of benzene rings is 2. The van der Waals surface area contributed by atoms with E-state index in [0.717, 1.165) is 6.07 Å². The van der Waals surface area contributed by atoms with Crippen LogP contribution in [0.25, 0.3) is 11.1 Å². The second-order valence-electron chi connectivity index (χ2n) is 3.75. The maximum Gasteiger partial charge on any atom is 0.308 e. The number of para-hydroxylation sites is 1. The van der Waals surface area contributed by atoms with Crippen LogP contribution in [0.1, 0.15) is 6.92 Å². The highest BCUT2D eigenvalue weighted by molar-refractivity contribution is 5.76. The molecule has 0 N–H and O–H groups in total. The lowest BCUT2D eigenvalue weighted by atomic mass is 10.0. The molecular weight excluding hydrogens is 238 g/mol. The molecule has 0 unspecified atom stereocenters. The third kappa shape index (κ3) is 2.71. The number of hydrogen-bond acceptors (Lipinski definition) is 2. The van der Waals surface area contributed by atoms with E-state index in [1.807, 2.05) is 0 Å². The monoisotopic (exact) mass is 248 g/mol. The second-order valence-corrected chi connectivity index (χ2v) is 3.75. The standard InChI is InChI=1S/C14H10F2O2/c1-9(17)18-14-5-3-2-4-13(14)10-6-11(15)8-12(16)7-10/h2-8H,1H3. The lowest BCUT2D eigenvalue weighted by molar-refractivity contribution is -0.131. The van der Waals surface area contributed by atoms with E-state index in [1.54, 1.807) is 24.3 Å². The molecule has 2 rings (SSSR count). The summed E-state index contributed by atoms with van der Waals surface area (Å²) in [5.74, 6) is -1.57. The topological polar surface area (TPSA) is 26.3 Å². The summed E-state index contributed by atoms with van der Waals surface area (Å²) in [4.78, 5) is 11.0. The van der Waals surface area contributed by atoms with E-state index >= 15 is 0 Å². The largest absolute Gasteiger partial charge is 0.426 e. The van der Waals surface area contributed by atoms with Crippen LogP contribution >= 0.6 is 0 Å². The van der Waals surface area contributed by atoms with Crippen molar-refractivity contribution in [3.8, 4) is 16.9 Å². The van der Waals surface area contributed by atoms with Crippen molar-refractivity contribution in [3.63, 3.8) is 0 Å². The molecule has 0 aliphatic heterocycles. The van der Waals surface area contributed by atoms with Gasteiger partial charge in [-0.15, -0.1) is 0 Å². The van der Waals surface area contributed by atoms with Gasteiger partial charge in [0.05, 0.1) is 0 Å². The van der Waals surface area contributed by atoms with Crippen LogP contribution in [-0.2, 0) is 4.79 Å². The third-order valence-electron chi connectivity index (χ3n) is 2.31. The van der Waals surface area contributed by atoms with Crippen LogP contribution in [0.4, 0.5) is 8.78 Å². The predicted octanol–water partition coefficient (Wildman–Crippen LogP) is 3.56.